The van der Waals surface area contributed by atoms with Crippen LogP contribution in [-0.4, -0.2) is 47.2 Å². The average Bonchev–Trinajstić information content (AvgIpc) is 3.32. The number of nitrogens with one attached hydrogen (secondary N) is 1. The third kappa shape index (κ3) is 7.07. The van der Waals surface area contributed by atoms with Crippen LogP contribution in [0.2, 0.25) is 0 Å². The molecule has 0 bridgehead atoms. The first-order chi connectivity index (χ1) is 20.6. The maximum Gasteiger partial charge on any atom is 0.326 e. The molecule has 5 atom stereocenters. The third-order valence-electron chi connectivity index (χ3n) is 8.46. The Hall–Kier alpha value is -3.91. The van der Waals surface area contributed by atoms with Crippen molar-refractivity contribution in [2.24, 2.45) is 11.3 Å². The minimum absolute atomic E-state index is 0.0762. The van der Waals surface area contributed by atoms with Crippen molar-refractivity contribution in [3.8, 4) is 11.5 Å². The maximum absolute atomic E-state index is 14.3. The van der Waals surface area contributed by atoms with Crippen LogP contribution in [0.4, 0.5) is 4.39 Å². The SMILES string of the molecule is COc1ccc(C(C)(C)C)cc1CN[C@H]1[C@H](C(C)(C)C)[C@@H](C(=O)O)N(C(=O)C(C)Oc2ccc(F)cc2)[C@H]1c1ccccc1. The molecule has 2 N–H and O–H groups in total. The molecular weight excluding hydrogens is 559 g/mol. The Kier molecular flexibility index (Phi) is 9.74. The second kappa shape index (κ2) is 13.0. The minimum atomic E-state index is -1.13. The molecule has 1 heterocycles. The van der Waals surface area contributed by atoms with Crippen molar-refractivity contribution in [1.29, 1.82) is 0 Å². The second-order valence-corrected chi connectivity index (χ2v) is 13.7. The first-order valence-electron chi connectivity index (χ1n) is 15.1. The number of aliphatic carboxylic acids is 1. The first kappa shape index (κ1) is 33.0. The number of likely N-dealkylation sites (tertiary alicyclic amines) is 1. The number of hydrogen-bond donors (Lipinski definition) is 2. The summed E-state index contributed by atoms with van der Waals surface area (Å²) < 4.78 is 25.2. The van der Waals surface area contributed by atoms with E-state index in [2.05, 4.69) is 38.2 Å². The Balaban J connectivity index is 1.79. The van der Waals surface area contributed by atoms with Gasteiger partial charge in [0.2, 0.25) is 0 Å². The van der Waals surface area contributed by atoms with E-state index in [0.29, 0.717) is 12.3 Å². The lowest BCUT2D eigenvalue weighted by molar-refractivity contribution is -0.155. The summed E-state index contributed by atoms with van der Waals surface area (Å²) in [5.41, 5.74) is 2.35. The number of ether oxygens (including phenoxy) is 2. The molecule has 1 aliphatic heterocycles. The van der Waals surface area contributed by atoms with Crippen molar-refractivity contribution in [3.05, 3.63) is 95.3 Å². The number of halogens is 1. The fraction of sp³-hybridized carbons (Fsp3) is 0.444. The van der Waals surface area contributed by atoms with Gasteiger partial charge < -0.3 is 24.8 Å². The molecule has 0 radical (unpaired) electrons. The second-order valence-electron chi connectivity index (χ2n) is 13.7. The van der Waals surface area contributed by atoms with E-state index in [0.717, 1.165) is 22.4 Å². The number of hydrogen-bond acceptors (Lipinski definition) is 5. The summed E-state index contributed by atoms with van der Waals surface area (Å²) in [5.74, 6) is -1.37. The van der Waals surface area contributed by atoms with Gasteiger partial charge in [0.25, 0.3) is 5.91 Å². The molecule has 0 aromatic heterocycles. The van der Waals surface area contributed by atoms with Crippen LogP contribution in [-0.2, 0) is 21.5 Å². The van der Waals surface area contributed by atoms with Gasteiger partial charge in [-0.05, 0) is 59.2 Å². The van der Waals surface area contributed by atoms with Gasteiger partial charge in [-0.15, -0.1) is 0 Å². The smallest absolute Gasteiger partial charge is 0.326 e. The molecule has 0 aliphatic carbocycles. The Morgan fingerprint density at radius 3 is 2.16 bits per heavy atom. The highest BCUT2D eigenvalue weighted by Crippen LogP contribution is 2.48. The molecule has 236 valence electrons. The van der Waals surface area contributed by atoms with Crippen LogP contribution in [0.5, 0.6) is 11.5 Å². The third-order valence-corrected chi connectivity index (χ3v) is 8.46. The summed E-state index contributed by atoms with van der Waals surface area (Å²) in [7, 11) is 1.64. The molecule has 1 unspecified atom stereocenters. The summed E-state index contributed by atoms with van der Waals surface area (Å²) in [6, 6.07) is 18.9. The molecule has 7 nitrogen and oxygen atoms in total. The Morgan fingerprint density at radius 2 is 1.61 bits per heavy atom. The van der Waals surface area contributed by atoms with Crippen molar-refractivity contribution in [1.82, 2.24) is 10.2 Å². The largest absolute Gasteiger partial charge is 0.496 e. The van der Waals surface area contributed by atoms with Crippen LogP contribution in [0, 0.1) is 17.2 Å². The minimum Gasteiger partial charge on any atom is -0.496 e. The topological polar surface area (TPSA) is 88.1 Å². The monoisotopic (exact) mass is 604 g/mol. The Labute approximate surface area is 260 Å². The van der Waals surface area contributed by atoms with Crippen LogP contribution < -0.4 is 14.8 Å². The first-order valence-corrected chi connectivity index (χ1v) is 15.1. The van der Waals surface area contributed by atoms with Crippen molar-refractivity contribution < 1.29 is 28.6 Å². The molecule has 3 aromatic rings. The number of carbonyl (C=O) groups is 2. The van der Waals surface area contributed by atoms with Crippen LogP contribution in [0.3, 0.4) is 0 Å². The zero-order valence-corrected chi connectivity index (χ0v) is 26.9. The van der Waals surface area contributed by atoms with Crippen molar-refractivity contribution in [2.45, 2.75) is 84.7 Å². The molecule has 0 saturated carbocycles. The van der Waals surface area contributed by atoms with E-state index in [1.165, 1.54) is 29.2 Å². The summed E-state index contributed by atoms with van der Waals surface area (Å²) in [6.45, 7) is 14.5. The van der Waals surface area contributed by atoms with Gasteiger partial charge in [0, 0.05) is 24.1 Å². The molecule has 3 aromatic carbocycles. The predicted molar refractivity (Wildman–Crippen MR) is 169 cm³/mol. The zero-order chi connectivity index (χ0) is 32.4. The highest BCUT2D eigenvalue weighted by molar-refractivity contribution is 5.88. The molecule has 1 amide bonds. The lowest BCUT2D eigenvalue weighted by Gasteiger charge is -2.35. The highest BCUT2D eigenvalue weighted by Gasteiger charge is 2.58. The van der Waals surface area contributed by atoms with Crippen LogP contribution >= 0.6 is 0 Å². The lowest BCUT2D eigenvalue weighted by atomic mass is 9.72. The van der Waals surface area contributed by atoms with Gasteiger partial charge in [0.05, 0.1) is 13.2 Å². The van der Waals surface area contributed by atoms with Crippen LogP contribution in [0.1, 0.15) is 71.2 Å². The summed E-state index contributed by atoms with van der Waals surface area (Å²) in [5, 5.41) is 14.4. The molecule has 0 spiro atoms. The van der Waals surface area contributed by atoms with Gasteiger partial charge in [0.15, 0.2) is 6.10 Å². The average molecular weight is 605 g/mol. The van der Waals surface area contributed by atoms with Gasteiger partial charge in [-0.2, -0.15) is 0 Å². The van der Waals surface area contributed by atoms with Gasteiger partial charge in [-0.1, -0.05) is 84.0 Å². The van der Waals surface area contributed by atoms with Crippen molar-refractivity contribution in [2.75, 3.05) is 7.11 Å². The quantitative estimate of drug-likeness (QED) is 0.281. The number of amides is 1. The number of carbonyl (C=O) groups excluding carboxylic acids is 1. The predicted octanol–water partition coefficient (Wildman–Crippen LogP) is 6.76. The van der Waals surface area contributed by atoms with E-state index in [9.17, 15) is 19.1 Å². The fourth-order valence-electron chi connectivity index (χ4n) is 6.32. The standard InChI is InChI=1S/C36H45FN2O5/c1-22(44-27-17-15-26(37)16-18-27)33(40)39-31(23-12-10-9-11-13-23)30(29(36(5,6)7)32(39)34(41)42)38-21-24-20-25(35(2,3)4)14-19-28(24)43-8/h9-20,22,29-32,38H,21H2,1-8H3,(H,41,42)/t22?,29-,30-,31-,32-/m0/s1. The highest BCUT2D eigenvalue weighted by atomic mass is 19.1. The van der Waals surface area contributed by atoms with E-state index in [-0.39, 0.29) is 5.41 Å². The van der Waals surface area contributed by atoms with Crippen molar-refractivity contribution >= 4 is 11.9 Å². The molecular formula is C36H45FN2O5. The van der Waals surface area contributed by atoms with Gasteiger partial charge in [-0.25, -0.2) is 9.18 Å². The van der Waals surface area contributed by atoms with Gasteiger partial charge in [0.1, 0.15) is 23.4 Å². The Bertz CT molecular complexity index is 1450. The fourth-order valence-corrected chi connectivity index (χ4v) is 6.32. The van der Waals surface area contributed by atoms with Crippen LogP contribution in [0.25, 0.3) is 0 Å². The van der Waals surface area contributed by atoms with E-state index in [4.69, 9.17) is 9.47 Å². The summed E-state index contributed by atoms with van der Waals surface area (Å²) in [4.78, 5) is 28.9. The van der Waals surface area contributed by atoms with Crippen molar-refractivity contribution in [3.63, 3.8) is 0 Å². The number of methoxy groups -OCH3 is 1. The number of rotatable bonds is 9. The number of carboxylic acids is 1. The van der Waals surface area contributed by atoms with E-state index >= 15 is 0 Å². The zero-order valence-electron chi connectivity index (χ0n) is 26.9. The molecule has 1 fully saturated rings. The van der Waals surface area contributed by atoms with E-state index < -0.39 is 53.3 Å². The van der Waals surface area contributed by atoms with Gasteiger partial charge >= 0.3 is 5.97 Å². The van der Waals surface area contributed by atoms with Gasteiger partial charge in [-0.3, -0.25) is 4.79 Å². The van der Waals surface area contributed by atoms with E-state index in [1.807, 2.05) is 57.2 Å². The lowest BCUT2D eigenvalue weighted by Crippen LogP contribution is -2.50. The summed E-state index contributed by atoms with van der Waals surface area (Å²) in [6.07, 6.45) is -1.02. The summed E-state index contributed by atoms with van der Waals surface area (Å²) >= 11 is 0. The molecule has 8 heteroatoms. The molecule has 4 rings (SSSR count). The molecule has 1 saturated heterocycles. The van der Waals surface area contributed by atoms with Crippen LogP contribution in [0.15, 0.2) is 72.8 Å². The number of carboxylic acid groups (broad SMARTS) is 1. The molecule has 44 heavy (non-hydrogen) atoms. The Morgan fingerprint density at radius 1 is 0.977 bits per heavy atom. The molecule has 1 aliphatic rings. The number of nitrogens with zero attached hydrogens (tertiary/aromatic N) is 1. The number of benzene rings is 3. The normalized spacial score (nSPS) is 21.2. The maximum atomic E-state index is 14.3. The van der Waals surface area contributed by atoms with E-state index in [1.54, 1.807) is 14.0 Å².